The number of carboxylic acid groups (broad SMARTS) is 1. The highest BCUT2D eigenvalue weighted by molar-refractivity contribution is 6.04. The lowest BCUT2D eigenvalue weighted by molar-refractivity contribution is 0.0477. The molecule has 0 heterocycles. The van der Waals surface area contributed by atoms with Crippen molar-refractivity contribution in [1.82, 2.24) is 0 Å². The highest BCUT2D eigenvalue weighted by Gasteiger charge is 2.20. The molecule has 1 aromatic carbocycles. The summed E-state index contributed by atoms with van der Waals surface area (Å²) < 4.78 is 10.5. The minimum absolute atomic E-state index is 0.0556. The number of carboxylic acids is 1. The normalized spacial score (nSPS) is 11.0. The minimum Gasteiger partial charge on any atom is -0.478 e. The van der Waals surface area contributed by atoms with E-state index >= 15 is 0 Å². The van der Waals surface area contributed by atoms with Crippen molar-refractivity contribution in [2.24, 2.45) is 11.8 Å². The fourth-order valence-electron chi connectivity index (χ4n) is 3.18. The van der Waals surface area contributed by atoms with Crippen LogP contribution in [0, 0.1) is 11.8 Å². The molecule has 0 bridgehead atoms. The highest BCUT2D eigenvalue weighted by atomic mass is 16.5. The molecular weight excluding hydrogens is 396 g/mol. The zero-order chi connectivity index (χ0) is 23.2. The number of esters is 2. The molecule has 31 heavy (non-hydrogen) atoms. The van der Waals surface area contributed by atoms with Crippen LogP contribution in [0.5, 0.6) is 0 Å². The predicted molar refractivity (Wildman–Crippen MR) is 121 cm³/mol. The molecule has 0 aliphatic heterocycles. The second-order valence-corrected chi connectivity index (χ2v) is 8.82. The number of carbonyl (C=O) groups excluding carboxylic acids is 2. The molecule has 0 fully saturated rings. The van der Waals surface area contributed by atoms with E-state index in [-0.39, 0.29) is 23.3 Å². The Labute approximate surface area is 186 Å². The molecular formula is C25H38O6. The van der Waals surface area contributed by atoms with Crippen LogP contribution in [0.3, 0.4) is 0 Å². The second kappa shape index (κ2) is 14.6. The summed E-state index contributed by atoms with van der Waals surface area (Å²) in [6, 6.07) is 3.92. The molecule has 1 aromatic rings. The van der Waals surface area contributed by atoms with Crippen molar-refractivity contribution in [2.45, 2.75) is 79.1 Å². The first-order chi connectivity index (χ1) is 14.7. The third kappa shape index (κ3) is 11.0. The molecule has 0 aromatic heterocycles. The molecule has 1 rings (SSSR count). The monoisotopic (exact) mass is 434 g/mol. The van der Waals surface area contributed by atoms with Gasteiger partial charge in [0.15, 0.2) is 0 Å². The van der Waals surface area contributed by atoms with Crippen molar-refractivity contribution in [1.29, 1.82) is 0 Å². The molecule has 6 nitrogen and oxygen atoms in total. The number of carbonyl (C=O) groups is 3. The minimum atomic E-state index is -1.28. The summed E-state index contributed by atoms with van der Waals surface area (Å²) in [6.07, 6.45) is 7.89. The number of rotatable bonds is 15. The first-order valence-corrected chi connectivity index (χ1v) is 11.4. The SMILES string of the molecule is CC(C)CCCCCOC(=O)c1ccc(C(=O)OCCCCCC(C)C)c(C(=O)O)c1. The molecule has 174 valence electrons. The number of ether oxygens (including phenoxy) is 2. The lowest BCUT2D eigenvalue weighted by Crippen LogP contribution is -2.15. The van der Waals surface area contributed by atoms with Gasteiger partial charge in [-0.05, 0) is 42.9 Å². The molecule has 0 amide bonds. The van der Waals surface area contributed by atoms with E-state index in [2.05, 4.69) is 27.7 Å². The first kappa shape index (κ1) is 26.7. The number of benzene rings is 1. The maximum Gasteiger partial charge on any atom is 0.339 e. The summed E-state index contributed by atoms with van der Waals surface area (Å²) in [6.45, 7) is 9.22. The molecule has 0 aliphatic carbocycles. The second-order valence-electron chi connectivity index (χ2n) is 8.82. The maximum absolute atomic E-state index is 12.3. The van der Waals surface area contributed by atoms with Gasteiger partial charge in [-0.1, -0.05) is 66.2 Å². The zero-order valence-electron chi connectivity index (χ0n) is 19.4. The lowest BCUT2D eigenvalue weighted by atomic mass is 10.0. The Balaban J connectivity index is 2.56. The van der Waals surface area contributed by atoms with Crippen LogP contribution in [-0.4, -0.2) is 36.2 Å². The number of aromatic carboxylic acids is 1. The van der Waals surface area contributed by atoms with Crippen molar-refractivity contribution in [3.8, 4) is 0 Å². The zero-order valence-corrected chi connectivity index (χ0v) is 19.4. The van der Waals surface area contributed by atoms with E-state index < -0.39 is 17.9 Å². The summed E-state index contributed by atoms with van der Waals surface area (Å²) >= 11 is 0. The molecule has 1 N–H and O–H groups in total. The Kier molecular flexibility index (Phi) is 12.6. The number of hydrogen-bond acceptors (Lipinski definition) is 5. The fraction of sp³-hybridized carbons (Fsp3) is 0.640. The summed E-state index contributed by atoms with van der Waals surface area (Å²) in [4.78, 5) is 36.1. The maximum atomic E-state index is 12.3. The Morgan fingerprint density at radius 1 is 0.742 bits per heavy atom. The van der Waals surface area contributed by atoms with Gasteiger partial charge in [0.05, 0.1) is 29.9 Å². The van der Waals surface area contributed by atoms with E-state index in [1.54, 1.807) is 0 Å². The van der Waals surface area contributed by atoms with Crippen LogP contribution in [0.15, 0.2) is 18.2 Å². The average molecular weight is 435 g/mol. The van der Waals surface area contributed by atoms with Gasteiger partial charge >= 0.3 is 17.9 Å². The Bertz CT molecular complexity index is 708. The van der Waals surface area contributed by atoms with Gasteiger partial charge in [-0.15, -0.1) is 0 Å². The van der Waals surface area contributed by atoms with Crippen molar-refractivity contribution < 1.29 is 29.0 Å². The van der Waals surface area contributed by atoms with Gasteiger partial charge in [-0.3, -0.25) is 0 Å². The fourth-order valence-corrected chi connectivity index (χ4v) is 3.18. The van der Waals surface area contributed by atoms with Gasteiger partial charge in [0.25, 0.3) is 0 Å². The van der Waals surface area contributed by atoms with Crippen LogP contribution in [0.1, 0.15) is 110 Å². The Morgan fingerprint density at radius 3 is 1.74 bits per heavy atom. The van der Waals surface area contributed by atoms with Gasteiger partial charge in [0.2, 0.25) is 0 Å². The van der Waals surface area contributed by atoms with Crippen molar-refractivity contribution in [2.75, 3.05) is 13.2 Å². The smallest absolute Gasteiger partial charge is 0.339 e. The predicted octanol–water partition coefficient (Wildman–Crippen LogP) is 6.13. The standard InChI is InChI=1S/C25H38O6/c1-18(2)11-7-5-9-15-30-24(28)20-13-14-21(22(17-20)23(26)27)25(29)31-16-10-6-8-12-19(3)4/h13-14,17-19H,5-12,15-16H2,1-4H3,(H,26,27). The van der Waals surface area contributed by atoms with Gasteiger partial charge in [-0.25, -0.2) is 14.4 Å². The van der Waals surface area contributed by atoms with Crippen molar-refractivity contribution >= 4 is 17.9 Å². The third-order valence-electron chi connectivity index (χ3n) is 5.02. The molecule has 0 saturated heterocycles. The van der Waals surface area contributed by atoms with Gasteiger partial charge in [0, 0.05) is 0 Å². The van der Waals surface area contributed by atoms with E-state index in [0.29, 0.717) is 18.4 Å². The molecule has 0 aliphatic rings. The van der Waals surface area contributed by atoms with Crippen LogP contribution < -0.4 is 0 Å². The van der Waals surface area contributed by atoms with Crippen molar-refractivity contribution in [3.05, 3.63) is 34.9 Å². The number of hydrogen-bond donors (Lipinski definition) is 1. The Hall–Kier alpha value is -2.37. The summed E-state index contributed by atoms with van der Waals surface area (Å²) in [5, 5.41) is 9.47. The quantitative estimate of drug-likeness (QED) is 0.264. The Morgan fingerprint density at radius 2 is 1.26 bits per heavy atom. The molecule has 0 saturated carbocycles. The highest BCUT2D eigenvalue weighted by Crippen LogP contribution is 2.16. The summed E-state index contributed by atoms with van der Waals surface area (Å²) in [5.74, 6) is -1.25. The average Bonchev–Trinajstić information content (AvgIpc) is 2.71. The van der Waals surface area contributed by atoms with E-state index in [1.807, 2.05) is 0 Å². The van der Waals surface area contributed by atoms with Crippen LogP contribution in [0.25, 0.3) is 0 Å². The van der Waals surface area contributed by atoms with Crippen LogP contribution >= 0.6 is 0 Å². The topological polar surface area (TPSA) is 89.9 Å². The molecule has 0 atom stereocenters. The first-order valence-electron chi connectivity index (χ1n) is 11.4. The van der Waals surface area contributed by atoms with Crippen molar-refractivity contribution in [3.63, 3.8) is 0 Å². The largest absolute Gasteiger partial charge is 0.478 e. The van der Waals surface area contributed by atoms with Gasteiger partial charge < -0.3 is 14.6 Å². The van der Waals surface area contributed by atoms with E-state index in [9.17, 15) is 19.5 Å². The molecule has 0 radical (unpaired) electrons. The van der Waals surface area contributed by atoms with Crippen LogP contribution in [0.2, 0.25) is 0 Å². The summed E-state index contributed by atoms with van der Waals surface area (Å²) in [7, 11) is 0. The third-order valence-corrected chi connectivity index (χ3v) is 5.02. The molecule has 6 heteroatoms. The van der Waals surface area contributed by atoms with Gasteiger partial charge in [0.1, 0.15) is 0 Å². The van der Waals surface area contributed by atoms with E-state index in [0.717, 1.165) is 51.4 Å². The van der Waals surface area contributed by atoms with Crippen LogP contribution in [-0.2, 0) is 9.47 Å². The van der Waals surface area contributed by atoms with E-state index in [4.69, 9.17) is 9.47 Å². The van der Waals surface area contributed by atoms with Crippen LogP contribution in [0.4, 0.5) is 0 Å². The van der Waals surface area contributed by atoms with E-state index in [1.165, 1.54) is 18.2 Å². The molecule has 0 unspecified atom stereocenters. The van der Waals surface area contributed by atoms with Gasteiger partial charge in [-0.2, -0.15) is 0 Å². The number of unbranched alkanes of at least 4 members (excludes halogenated alkanes) is 4. The summed E-state index contributed by atoms with van der Waals surface area (Å²) in [5.41, 5.74) is -0.194. The lowest BCUT2D eigenvalue weighted by Gasteiger charge is -2.10. The molecule has 0 spiro atoms.